The minimum Gasteiger partial charge on any atom is -0.456 e. The lowest BCUT2D eigenvalue weighted by Gasteiger charge is -2.31. The Bertz CT molecular complexity index is 1380. The number of nitro benzene ring substituents is 1. The maximum Gasteiger partial charge on any atom is 0.269 e. The molecule has 0 aliphatic carbocycles. The van der Waals surface area contributed by atoms with Gasteiger partial charge in [0, 0.05) is 46.7 Å². The second kappa shape index (κ2) is 9.16. The summed E-state index contributed by atoms with van der Waals surface area (Å²) in [6, 6.07) is 33.2. The molecule has 0 fully saturated rings. The Labute approximate surface area is 197 Å². The van der Waals surface area contributed by atoms with E-state index in [9.17, 15) is 14.9 Å². The van der Waals surface area contributed by atoms with Crippen molar-refractivity contribution in [2.45, 2.75) is 12.3 Å². The number of ketones is 1. The summed E-state index contributed by atoms with van der Waals surface area (Å²) in [5.41, 5.74) is 3.83. The predicted octanol–water partition coefficient (Wildman–Crippen LogP) is 6.91. The lowest BCUT2D eigenvalue weighted by atomic mass is 9.79. The molecule has 4 aromatic carbocycles. The first-order chi connectivity index (χ1) is 16.6. The van der Waals surface area contributed by atoms with Gasteiger partial charge in [0.1, 0.15) is 11.5 Å². The molecule has 1 heterocycles. The maximum absolute atomic E-state index is 13.4. The normalized spacial score (nSPS) is 14.8. The molecular formula is C29H21NO4. The molecule has 0 amide bonds. The molecule has 1 aliphatic heterocycles. The molecule has 0 saturated carbocycles. The smallest absolute Gasteiger partial charge is 0.269 e. The minimum absolute atomic E-state index is 0.0323. The minimum atomic E-state index is -0.422. The number of Topliss-reactive ketones (excluding diaryl/α,β-unsaturated/α-hetero) is 1. The number of carbonyl (C=O) groups is 1. The third-order valence-electron chi connectivity index (χ3n) is 5.99. The van der Waals surface area contributed by atoms with E-state index in [4.69, 9.17) is 4.74 Å². The van der Waals surface area contributed by atoms with Gasteiger partial charge in [0.25, 0.3) is 5.69 Å². The number of carbonyl (C=O) groups excluding carboxylic acids is 1. The van der Waals surface area contributed by atoms with Crippen LogP contribution in [0.15, 0.2) is 109 Å². The van der Waals surface area contributed by atoms with Gasteiger partial charge in [-0.25, -0.2) is 0 Å². The first-order valence-electron chi connectivity index (χ1n) is 11.0. The van der Waals surface area contributed by atoms with E-state index in [2.05, 4.69) is 0 Å². The molecule has 0 saturated heterocycles. The van der Waals surface area contributed by atoms with Crippen molar-refractivity contribution in [3.8, 4) is 5.75 Å². The second-order valence-corrected chi connectivity index (χ2v) is 8.10. The Hall–Kier alpha value is -4.51. The molecule has 0 bridgehead atoms. The average Bonchev–Trinajstić information content (AvgIpc) is 2.89. The molecule has 0 radical (unpaired) electrons. The third-order valence-corrected chi connectivity index (χ3v) is 5.99. The highest BCUT2D eigenvalue weighted by molar-refractivity contribution is 6.01. The highest BCUT2D eigenvalue weighted by atomic mass is 16.6. The maximum atomic E-state index is 13.4. The summed E-state index contributed by atoms with van der Waals surface area (Å²) >= 11 is 0. The van der Waals surface area contributed by atoms with Gasteiger partial charge in [-0.3, -0.25) is 14.9 Å². The van der Waals surface area contributed by atoms with Crippen molar-refractivity contribution >= 4 is 22.8 Å². The largest absolute Gasteiger partial charge is 0.456 e. The van der Waals surface area contributed by atoms with Crippen LogP contribution < -0.4 is 4.74 Å². The van der Waals surface area contributed by atoms with Gasteiger partial charge in [0.15, 0.2) is 5.78 Å². The lowest BCUT2D eigenvalue weighted by molar-refractivity contribution is -0.384. The standard InChI is InChI=1S/C29H21NO4/c31-26(20-10-4-1-5-11-20)19-25-24-18-23(30(32)33)16-17-27(24)34-29(22-14-8-3-9-15-22)28(25)21-12-6-2-7-13-21/h1-18,25H,19H2. The number of non-ortho nitro benzene ring substituents is 1. The number of hydrogen-bond donors (Lipinski definition) is 0. The fourth-order valence-electron chi connectivity index (χ4n) is 4.39. The molecule has 1 aliphatic rings. The first-order valence-corrected chi connectivity index (χ1v) is 11.0. The van der Waals surface area contributed by atoms with Crippen molar-refractivity contribution in [2.75, 3.05) is 0 Å². The van der Waals surface area contributed by atoms with E-state index >= 15 is 0 Å². The Balaban J connectivity index is 1.73. The van der Waals surface area contributed by atoms with Crippen molar-refractivity contribution in [3.63, 3.8) is 0 Å². The number of benzene rings is 4. The van der Waals surface area contributed by atoms with Gasteiger partial charge >= 0.3 is 0 Å². The van der Waals surface area contributed by atoms with Gasteiger partial charge in [-0.15, -0.1) is 0 Å². The van der Waals surface area contributed by atoms with E-state index in [1.807, 2.05) is 78.9 Å². The second-order valence-electron chi connectivity index (χ2n) is 8.10. The summed E-state index contributed by atoms with van der Waals surface area (Å²) in [5, 5.41) is 11.6. The summed E-state index contributed by atoms with van der Waals surface area (Å²) in [4.78, 5) is 24.5. The zero-order valence-electron chi connectivity index (χ0n) is 18.3. The number of nitro groups is 1. The molecule has 5 nitrogen and oxygen atoms in total. The predicted molar refractivity (Wildman–Crippen MR) is 132 cm³/mol. The van der Waals surface area contributed by atoms with E-state index in [0.717, 1.165) is 16.7 Å². The number of hydrogen-bond acceptors (Lipinski definition) is 4. The van der Waals surface area contributed by atoms with Crippen LogP contribution in [0.2, 0.25) is 0 Å². The van der Waals surface area contributed by atoms with E-state index in [0.29, 0.717) is 22.6 Å². The molecule has 1 atom stereocenters. The third kappa shape index (κ3) is 4.11. The van der Waals surface area contributed by atoms with Gasteiger partial charge < -0.3 is 4.74 Å². The highest BCUT2D eigenvalue weighted by Crippen LogP contribution is 2.49. The van der Waals surface area contributed by atoms with E-state index < -0.39 is 10.8 Å². The average molecular weight is 447 g/mol. The van der Waals surface area contributed by atoms with Crippen LogP contribution in [0.1, 0.15) is 39.4 Å². The SMILES string of the molecule is O=C(CC1C(c2ccccc2)=C(c2ccccc2)Oc2ccc([N+](=O)[O-])cc21)c1ccccc1. The molecular weight excluding hydrogens is 426 g/mol. The monoisotopic (exact) mass is 447 g/mol. The van der Waals surface area contributed by atoms with Crippen LogP contribution in [0.25, 0.3) is 11.3 Å². The molecule has 1 unspecified atom stereocenters. The molecule has 0 N–H and O–H groups in total. The van der Waals surface area contributed by atoms with E-state index in [-0.39, 0.29) is 17.9 Å². The fraction of sp³-hybridized carbons (Fsp3) is 0.0690. The molecule has 34 heavy (non-hydrogen) atoms. The van der Waals surface area contributed by atoms with Crippen molar-refractivity contribution in [3.05, 3.63) is 142 Å². The summed E-state index contributed by atoms with van der Waals surface area (Å²) in [7, 11) is 0. The fourth-order valence-corrected chi connectivity index (χ4v) is 4.39. The van der Waals surface area contributed by atoms with Gasteiger partial charge in [-0.2, -0.15) is 0 Å². The molecule has 0 spiro atoms. The summed E-state index contributed by atoms with van der Waals surface area (Å²) in [6.45, 7) is 0. The quantitative estimate of drug-likeness (QED) is 0.183. The van der Waals surface area contributed by atoms with Crippen LogP contribution in [0, 0.1) is 10.1 Å². The van der Waals surface area contributed by atoms with Gasteiger partial charge in [-0.05, 0) is 11.6 Å². The van der Waals surface area contributed by atoms with Crippen molar-refractivity contribution < 1.29 is 14.5 Å². The van der Waals surface area contributed by atoms with Crippen LogP contribution in [-0.2, 0) is 0 Å². The summed E-state index contributed by atoms with van der Waals surface area (Å²) in [6.07, 6.45) is 0.155. The summed E-state index contributed by atoms with van der Waals surface area (Å²) in [5.74, 6) is 0.716. The first kappa shape index (κ1) is 21.3. The Morgan fingerprint density at radius 2 is 1.38 bits per heavy atom. The molecule has 166 valence electrons. The van der Waals surface area contributed by atoms with Crippen molar-refractivity contribution in [2.24, 2.45) is 0 Å². The van der Waals surface area contributed by atoms with E-state index in [1.54, 1.807) is 18.2 Å². The van der Waals surface area contributed by atoms with Crippen molar-refractivity contribution in [1.29, 1.82) is 0 Å². The van der Waals surface area contributed by atoms with Crippen LogP contribution in [-0.4, -0.2) is 10.7 Å². The van der Waals surface area contributed by atoms with Crippen LogP contribution >= 0.6 is 0 Å². The van der Waals surface area contributed by atoms with Crippen LogP contribution in [0.5, 0.6) is 5.75 Å². The van der Waals surface area contributed by atoms with Gasteiger partial charge in [0.05, 0.1) is 4.92 Å². The Morgan fingerprint density at radius 3 is 2.00 bits per heavy atom. The van der Waals surface area contributed by atoms with Gasteiger partial charge in [0.2, 0.25) is 0 Å². The number of rotatable bonds is 6. The number of nitrogens with zero attached hydrogens (tertiary/aromatic N) is 1. The zero-order valence-corrected chi connectivity index (χ0v) is 18.3. The summed E-state index contributed by atoms with van der Waals surface area (Å²) < 4.78 is 6.38. The molecule has 0 aromatic heterocycles. The van der Waals surface area contributed by atoms with Gasteiger partial charge in [-0.1, -0.05) is 91.0 Å². The van der Waals surface area contributed by atoms with E-state index in [1.165, 1.54) is 12.1 Å². The van der Waals surface area contributed by atoms with Crippen molar-refractivity contribution in [1.82, 2.24) is 0 Å². The number of allylic oxidation sites excluding steroid dienone is 1. The Morgan fingerprint density at radius 1 is 0.794 bits per heavy atom. The van der Waals surface area contributed by atoms with Crippen LogP contribution in [0.3, 0.4) is 0 Å². The molecule has 5 rings (SSSR count). The Kier molecular flexibility index (Phi) is 5.75. The molecule has 5 heteroatoms. The highest BCUT2D eigenvalue weighted by Gasteiger charge is 2.34. The number of ether oxygens (including phenoxy) is 1. The van der Waals surface area contributed by atoms with Crippen LogP contribution in [0.4, 0.5) is 5.69 Å². The lowest BCUT2D eigenvalue weighted by Crippen LogP contribution is -2.18. The zero-order chi connectivity index (χ0) is 23.5. The molecule has 4 aromatic rings. The topological polar surface area (TPSA) is 69.4 Å². The number of fused-ring (bicyclic) bond motifs is 1.